The minimum absolute atomic E-state index is 0.00672. The van der Waals surface area contributed by atoms with Gasteiger partial charge in [0.2, 0.25) is 5.91 Å². The molecule has 0 radical (unpaired) electrons. The summed E-state index contributed by atoms with van der Waals surface area (Å²) >= 11 is 1.55. The van der Waals surface area contributed by atoms with Crippen LogP contribution in [0.5, 0.6) is 0 Å². The molecule has 2 saturated heterocycles. The topological polar surface area (TPSA) is 120 Å². The van der Waals surface area contributed by atoms with Crippen molar-refractivity contribution in [2.45, 2.75) is 104 Å². The molecule has 2 aliphatic rings. The number of rotatable bonds is 3. The van der Waals surface area contributed by atoms with Crippen LogP contribution in [0.2, 0.25) is 0 Å². The molecule has 2 aliphatic heterocycles. The Morgan fingerprint density at radius 2 is 1.81 bits per heavy atom. The third-order valence-corrected chi connectivity index (χ3v) is 10.0. The van der Waals surface area contributed by atoms with Crippen molar-refractivity contribution >= 4 is 35.0 Å². The van der Waals surface area contributed by atoms with E-state index in [9.17, 15) is 24.6 Å². The van der Waals surface area contributed by atoms with Gasteiger partial charge < -0.3 is 20.4 Å². The van der Waals surface area contributed by atoms with Crippen LogP contribution in [0.1, 0.15) is 87.8 Å². The maximum absolute atomic E-state index is 13.6. The number of aryl methyl sites for hydroxylation is 1. The molecular formula is C33H45N3O5S. The molecule has 7 atom stereocenters. The molecular weight excluding hydrogens is 550 g/mol. The van der Waals surface area contributed by atoms with Crippen LogP contribution in [0, 0.1) is 24.2 Å². The first-order valence-electron chi connectivity index (χ1n) is 15.0. The van der Waals surface area contributed by atoms with Crippen LogP contribution >= 0.6 is 11.3 Å². The van der Waals surface area contributed by atoms with E-state index in [1.807, 2.05) is 67.5 Å². The van der Waals surface area contributed by atoms with Crippen molar-refractivity contribution in [3.8, 4) is 0 Å². The molecule has 228 valence electrons. The first-order chi connectivity index (χ1) is 19.8. The van der Waals surface area contributed by atoms with Crippen LogP contribution in [0.4, 0.5) is 0 Å². The van der Waals surface area contributed by atoms with E-state index in [2.05, 4.69) is 10.3 Å². The zero-order valence-electron chi connectivity index (χ0n) is 25.5. The second-order valence-electron chi connectivity index (χ2n) is 12.7. The lowest BCUT2D eigenvalue weighted by atomic mass is 9.73. The number of carbonyl (C=O) groups excluding carboxylic acids is 3. The Morgan fingerprint density at radius 1 is 1.12 bits per heavy atom. The van der Waals surface area contributed by atoms with Crippen molar-refractivity contribution in [1.82, 2.24) is 15.2 Å². The number of amides is 2. The van der Waals surface area contributed by atoms with Gasteiger partial charge in [0.15, 0.2) is 0 Å². The Kier molecular flexibility index (Phi) is 10.1. The lowest BCUT2D eigenvalue weighted by molar-refractivity contribution is -0.143. The summed E-state index contributed by atoms with van der Waals surface area (Å²) in [4.78, 5) is 46.8. The maximum Gasteiger partial charge on any atom is 0.254 e. The summed E-state index contributed by atoms with van der Waals surface area (Å²) in [5.74, 6) is -1.49. The van der Waals surface area contributed by atoms with E-state index >= 15 is 0 Å². The summed E-state index contributed by atoms with van der Waals surface area (Å²) in [5.41, 5.74) is 1.13. The van der Waals surface area contributed by atoms with Crippen LogP contribution in [0.3, 0.4) is 0 Å². The summed E-state index contributed by atoms with van der Waals surface area (Å²) in [7, 11) is 0. The van der Waals surface area contributed by atoms with Gasteiger partial charge in [0.25, 0.3) is 5.91 Å². The number of thiazole rings is 1. The van der Waals surface area contributed by atoms with Crippen molar-refractivity contribution in [2.75, 3.05) is 0 Å². The number of aliphatic hydroxyl groups is 2. The van der Waals surface area contributed by atoms with Crippen LogP contribution < -0.4 is 5.32 Å². The first kappa shape index (κ1) is 32.0. The zero-order valence-corrected chi connectivity index (χ0v) is 26.4. The maximum atomic E-state index is 13.6. The minimum Gasteiger partial charge on any atom is -0.392 e. The number of benzene rings is 1. The molecule has 3 N–H and O–H groups in total. The average molecular weight is 596 g/mol. The van der Waals surface area contributed by atoms with Crippen molar-refractivity contribution in [3.63, 3.8) is 0 Å². The zero-order chi connectivity index (χ0) is 30.8. The summed E-state index contributed by atoms with van der Waals surface area (Å²) in [6, 6.07) is 8.77. The molecule has 8 nitrogen and oxygen atoms in total. The molecule has 1 aromatic heterocycles. The fraction of sp³-hybridized carbons (Fsp3) is 0.576. The highest BCUT2D eigenvalue weighted by atomic mass is 32.1. The molecule has 0 aliphatic carbocycles. The van der Waals surface area contributed by atoms with Gasteiger partial charge >= 0.3 is 0 Å². The van der Waals surface area contributed by atoms with Gasteiger partial charge in [0, 0.05) is 16.9 Å². The summed E-state index contributed by atoms with van der Waals surface area (Å²) in [6.45, 7) is 10.8. The number of hydrogen-bond donors (Lipinski definition) is 3. The SMILES string of the molecule is C/C(=C\c1csc(C)n1)[C@@H]1C[C@H]2[C@@H](CCC[C@H](C)[C@H](O)[C@@H](C)C(=O)C(C)(C)[C@@H](O)CC(=O)N1)N2C(=O)c1ccccc1. The van der Waals surface area contributed by atoms with Crippen molar-refractivity contribution < 1.29 is 24.6 Å². The number of ketones is 1. The van der Waals surface area contributed by atoms with Crippen LogP contribution in [-0.2, 0) is 9.59 Å². The molecule has 0 unspecified atom stereocenters. The van der Waals surface area contributed by atoms with Crippen LogP contribution in [0.25, 0.3) is 6.08 Å². The molecule has 1 aromatic carbocycles. The number of aliphatic hydroxyl groups excluding tert-OH is 2. The van der Waals surface area contributed by atoms with Gasteiger partial charge in [-0.15, -0.1) is 11.3 Å². The smallest absolute Gasteiger partial charge is 0.254 e. The molecule has 42 heavy (non-hydrogen) atoms. The largest absolute Gasteiger partial charge is 0.392 e. The van der Waals surface area contributed by atoms with Crippen LogP contribution in [0.15, 0.2) is 41.3 Å². The van der Waals surface area contributed by atoms with E-state index in [4.69, 9.17) is 0 Å². The number of nitrogens with zero attached hydrogens (tertiary/aromatic N) is 2. The average Bonchev–Trinajstić information content (AvgIpc) is 3.47. The molecule has 2 amide bonds. The Morgan fingerprint density at radius 3 is 2.45 bits per heavy atom. The van der Waals surface area contributed by atoms with E-state index in [0.29, 0.717) is 18.4 Å². The van der Waals surface area contributed by atoms with Crippen molar-refractivity contribution in [1.29, 1.82) is 0 Å². The van der Waals surface area contributed by atoms with E-state index < -0.39 is 23.5 Å². The van der Waals surface area contributed by atoms with E-state index in [-0.39, 0.29) is 48.1 Å². The van der Waals surface area contributed by atoms with Gasteiger partial charge in [-0.25, -0.2) is 4.98 Å². The minimum atomic E-state index is -1.22. The predicted molar refractivity (Wildman–Crippen MR) is 165 cm³/mol. The Bertz CT molecular complexity index is 1310. The predicted octanol–water partition coefficient (Wildman–Crippen LogP) is 4.79. The third-order valence-electron chi connectivity index (χ3n) is 9.21. The molecule has 3 heterocycles. The molecule has 4 rings (SSSR count). The first-order valence-corrected chi connectivity index (χ1v) is 15.9. The fourth-order valence-corrected chi connectivity index (χ4v) is 6.82. The number of fused-ring (bicyclic) bond motifs is 1. The highest BCUT2D eigenvalue weighted by molar-refractivity contribution is 7.09. The molecule has 2 aromatic rings. The summed E-state index contributed by atoms with van der Waals surface area (Å²) < 4.78 is 0. The lowest BCUT2D eigenvalue weighted by Crippen LogP contribution is -2.47. The Hall–Kier alpha value is -2.88. The Labute approximate surface area is 253 Å². The summed E-state index contributed by atoms with van der Waals surface area (Å²) in [6.07, 6.45) is 2.40. The second-order valence-corrected chi connectivity index (χ2v) is 13.8. The highest BCUT2D eigenvalue weighted by Crippen LogP contribution is 2.40. The van der Waals surface area contributed by atoms with Gasteiger partial charge in [-0.05, 0) is 62.8 Å². The number of Topliss-reactive ketones (excluding diaryl/α,β-unsaturated/α-hetero) is 1. The molecule has 2 fully saturated rings. The number of carbonyl (C=O) groups is 3. The fourth-order valence-electron chi connectivity index (χ4n) is 6.25. The number of aromatic nitrogens is 1. The molecule has 0 saturated carbocycles. The van der Waals surface area contributed by atoms with Crippen molar-refractivity contribution in [3.05, 3.63) is 57.6 Å². The molecule has 0 spiro atoms. The number of hydrogen-bond acceptors (Lipinski definition) is 7. The van der Waals surface area contributed by atoms with E-state index in [1.54, 1.807) is 32.1 Å². The van der Waals surface area contributed by atoms with Gasteiger partial charge in [-0.2, -0.15) is 0 Å². The number of nitrogens with one attached hydrogen (secondary N) is 1. The van der Waals surface area contributed by atoms with E-state index in [0.717, 1.165) is 29.1 Å². The monoisotopic (exact) mass is 595 g/mol. The lowest BCUT2D eigenvalue weighted by Gasteiger charge is -2.34. The van der Waals surface area contributed by atoms with Gasteiger partial charge in [-0.1, -0.05) is 52.3 Å². The van der Waals surface area contributed by atoms with E-state index in [1.165, 1.54) is 0 Å². The van der Waals surface area contributed by atoms with Crippen LogP contribution in [-0.4, -0.2) is 68.0 Å². The quantitative estimate of drug-likeness (QED) is 0.439. The van der Waals surface area contributed by atoms with Gasteiger partial charge in [0.05, 0.1) is 52.9 Å². The molecule has 0 bridgehead atoms. The molecule has 9 heteroatoms. The third kappa shape index (κ3) is 7.18. The standard InChI is InChI=1S/C33H45N3O5S/c1-19-11-10-14-26-27(36(26)32(41)23-12-8-7-9-13-23)16-25(20(2)15-24-18-42-22(4)34-24)35-29(38)17-28(37)33(5,6)31(40)21(3)30(19)39/h7-9,12-13,15,18-19,21,25-28,30,37,39H,10-11,14,16-17H2,1-6H3,(H,35,38)/b20-15+/t19-,21+,25-,26+,27-,28-,30-,36?/m0/s1. The highest BCUT2D eigenvalue weighted by Gasteiger charge is 2.51. The van der Waals surface area contributed by atoms with Crippen molar-refractivity contribution in [2.24, 2.45) is 17.3 Å². The summed E-state index contributed by atoms with van der Waals surface area (Å²) in [5, 5.41) is 28.1. The van der Waals surface area contributed by atoms with Gasteiger partial charge in [0.1, 0.15) is 5.78 Å². The van der Waals surface area contributed by atoms with Gasteiger partial charge in [-0.3, -0.25) is 14.4 Å². The second kappa shape index (κ2) is 13.2. The normalized spacial score (nSPS) is 31.3. The Balaban J connectivity index is 1.65.